The van der Waals surface area contributed by atoms with Crippen LogP contribution in [0.1, 0.15) is 42.1 Å². The topological polar surface area (TPSA) is 29.1 Å². The second kappa shape index (κ2) is 6.44. The molecule has 0 amide bonds. The third-order valence-electron chi connectivity index (χ3n) is 4.21. The van der Waals surface area contributed by atoms with Gasteiger partial charge in [-0.2, -0.15) is 0 Å². The van der Waals surface area contributed by atoms with E-state index in [4.69, 9.17) is 0 Å². The minimum absolute atomic E-state index is 0.134. The number of carbonyl (C=O) groups is 1. The molecule has 1 fully saturated rings. The molecule has 20 heavy (non-hydrogen) atoms. The largest absolute Gasteiger partial charge is 0.316 e. The summed E-state index contributed by atoms with van der Waals surface area (Å²) in [6.45, 7) is 5.42. The Hall–Kier alpha value is -1.29. The molecule has 0 aromatic heterocycles. The molecule has 2 unspecified atom stereocenters. The molecule has 1 heterocycles. The summed E-state index contributed by atoms with van der Waals surface area (Å²) in [7, 11) is 0. The Morgan fingerprint density at radius 1 is 1.45 bits per heavy atom. The first-order chi connectivity index (χ1) is 9.50. The van der Waals surface area contributed by atoms with Gasteiger partial charge in [-0.1, -0.05) is 13.0 Å². The highest BCUT2D eigenvalue weighted by molar-refractivity contribution is 5.96. The highest BCUT2D eigenvalue weighted by Crippen LogP contribution is 2.26. The lowest BCUT2D eigenvalue weighted by atomic mass is 9.83. The number of aryl methyl sites for hydroxylation is 1. The number of benzene rings is 1. The van der Waals surface area contributed by atoms with Crippen LogP contribution in [0.25, 0.3) is 0 Å². The number of rotatable bonds is 4. The summed E-state index contributed by atoms with van der Waals surface area (Å²) < 4.78 is 27.6. The van der Waals surface area contributed by atoms with Crippen molar-refractivity contribution in [1.29, 1.82) is 0 Å². The van der Waals surface area contributed by atoms with Gasteiger partial charge < -0.3 is 5.32 Å². The molecule has 1 aliphatic heterocycles. The molecule has 0 spiro atoms. The summed E-state index contributed by atoms with van der Waals surface area (Å²) in [4.78, 5) is 12.2. The molecular formula is C16H21F2NO. The molecule has 1 N–H and O–H groups in total. The number of ketones is 1. The van der Waals surface area contributed by atoms with Crippen molar-refractivity contribution in [3.05, 3.63) is 34.9 Å². The molecule has 0 radical (unpaired) electrons. The SMILES string of the molecule is Cc1ccc(F)c(C(=O)CC(C)C2CCCNC2)c1F. The van der Waals surface area contributed by atoms with E-state index >= 15 is 0 Å². The summed E-state index contributed by atoms with van der Waals surface area (Å²) in [6, 6.07) is 2.52. The maximum absolute atomic E-state index is 13.9. The minimum atomic E-state index is -0.757. The van der Waals surface area contributed by atoms with Crippen LogP contribution in [-0.4, -0.2) is 18.9 Å². The van der Waals surface area contributed by atoms with Crippen molar-refractivity contribution in [2.75, 3.05) is 13.1 Å². The molecular weight excluding hydrogens is 260 g/mol. The van der Waals surface area contributed by atoms with Crippen LogP contribution < -0.4 is 5.32 Å². The molecule has 0 aliphatic carbocycles. The van der Waals surface area contributed by atoms with E-state index in [-0.39, 0.29) is 17.9 Å². The number of hydrogen-bond donors (Lipinski definition) is 1. The standard InChI is InChI=1S/C16H21F2NO/c1-10-5-6-13(17)15(16(10)18)14(20)8-11(2)12-4-3-7-19-9-12/h5-6,11-12,19H,3-4,7-9H2,1-2H3. The average Bonchev–Trinajstić information content (AvgIpc) is 2.44. The number of carbonyl (C=O) groups excluding carboxylic acids is 1. The Labute approximate surface area is 118 Å². The van der Waals surface area contributed by atoms with Crippen LogP contribution in [0.5, 0.6) is 0 Å². The van der Waals surface area contributed by atoms with Crippen LogP contribution in [-0.2, 0) is 0 Å². The maximum atomic E-state index is 13.9. The van der Waals surface area contributed by atoms with Crippen molar-refractivity contribution in [2.45, 2.75) is 33.1 Å². The van der Waals surface area contributed by atoms with Gasteiger partial charge in [-0.25, -0.2) is 8.78 Å². The van der Waals surface area contributed by atoms with E-state index in [0.29, 0.717) is 11.5 Å². The second-order valence-electron chi connectivity index (χ2n) is 5.76. The lowest BCUT2D eigenvalue weighted by Crippen LogP contribution is -2.34. The molecule has 2 atom stereocenters. The fourth-order valence-corrected chi connectivity index (χ4v) is 2.84. The summed E-state index contributed by atoms with van der Waals surface area (Å²) in [5.41, 5.74) is -0.0673. The van der Waals surface area contributed by atoms with Crippen molar-refractivity contribution in [1.82, 2.24) is 5.32 Å². The van der Waals surface area contributed by atoms with Gasteiger partial charge in [0.25, 0.3) is 0 Å². The van der Waals surface area contributed by atoms with Gasteiger partial charge in [0.1, 0.15) is 11.6 Å². The Morgan fingerprint density at radius 3 is 2.85 bits per heavy atom. The normalized spacial score (nSPS) is 20.7. The first-order valence-corrected chi connectivity index (χ1v) is 7.19. The van der Waals surface area contributed by atoms with Crippen molar-refractivity contribution in [3.8, 4) is 0 Å². The van der Waals surface area contributed by atoms with Gasteiger partial charge in [0.05, 0.1) is 5.56 Å². The Bertz CT molecular complexity index is 495. The van der Waals surface area contributed by atoms with Crippen LogP contribution in [0.4, 0.5) is 8.78 Å². The molecule has 2 nitrogen and oxygen atoms in total. The number of Topliss-reactive ketones (excluding diaryl/α,β-unsaturated/α-hetero) is 1. The Balaban J connectivity index is 2.10. The van der Waals surface area contributed by atoms with Crippen LogP contribution in [0.15, 0.2) is 12.1 Å². The van der Waals surface area contributed by atoms with Crippen LogP contribution >= 0.6 is 0 Å². The lowest BCUT2D eigenvalue weighted by molar-refractivity contribution is 0.0934. The Kier molecular flexibility index (Phi) is 4.86. The summed E-state index contributed by atoms with van der Waals surface area (Å²) in [6.07, 6.45) is 2.36. The quantitative estimate of drug-likeness (QED) is 0.856. The smallest absolute Gasteiger partial charge is 0.169 e. The first kappa shape index (κ1) is 15.1. The molecule has 0 saturated carbocycles. The fourth-order valence-electron chi connectivity index (χ4n) is 2.84. The van der Waals surface area contributed by atoms with E-state index in [2.05, 4.69) is 5.32 Å². The molecule has 2 rings (SSSR count). The average molecular weight is 281 g/mol. The fraction of sp³-hybridized carbons (Fsp3) is 0.562. The summed E-state index contributed by atoms with van der Waals surface area (Å²) in [5.74, 6) is -1.36. The third-order valence-corrected chi connectivity index (χ3v) is 4.21. The first-order valence-electron chi connectivity index (χ1n) is 7.19. The molecule has 0 bridgehead atoms. The highest BCUT2D eigenvalue weighted by atomic mass is 19.1. The van der Waals surface area contributed by atoms with E-state index in [1.807, 2.05) is 6.92 Å². The molecule has 1 aliphatic rings. The predicted molar refractivity (Wildman–Crippen MR) is 74.8 cm³/mol. The number of hydrogen-bond acceptors (Lipinski definition) is 2. The number of piperidine rings is 1. The molecule has 1 aromatic carbocycles. The molecule has 4 heteroatoms. The monoisotopic (exact) mass is 281 g/mol. The number of nitrogens with one attached hydrogen (secondary N) is 1. The van der Waals surface area contributed by atoms with Gasteiger partial charge in [-0.15, -0.1) is 0 Å². The van der Waals surface area contributed by atoms with E-state index < -0.39 is 17.4 Å². The minimum Gasteiger partial charge on any atom is -0.316 e. The van der Waals surface area contributed by atoms with Crippen molar-refractivity contribution in [2.24, 2.45) is 11.8 Å². The zero-order valence-electron chi connectivity index (χ0n) is 12.0. The Morgan fingerprint density at radius 2 is 2.20 bits per heavy atom. The van der Waals surface area contributed by atoms with Crippen molar-refractivity contribution < 1.29 is 13.6 Å². The van der Waals surface area contributed by atoms with E-state index in [0.717, 1.165) is 25.9 Å². The van der Waals surface area contributed by atoms with Crippen molar-refractivity contribution >= 4 is 5.78 Å². The predicted octanol–water partition coefficient (Wildman–Crippen LogP) is 3.48. The molecule has 1 aromatic rings. The van der Waals surface area contributed by atoms with Crippen molar-refractivity contribution in [3.63, 3.8) is 0 Å². The van der Waals surface area contributed by atoms with E-state index in [9.17, 15) is 13.6 Å². The maximum Gasteiger partial charge on any atom is 0.169 e. The van der Waals surface area contributed by atoms with Gasteiger partial charge in [-0.3, -0.25) is 4.79 Å². The number of halogens is 2. The second-order valence-corrected chi connectivity index (χ2v) is 5.76. The molecule has 110 valence electrons. The molecule has 1 saturated heterocycles. The van der Waals surface area contributed by atoms with E-state index in [1.54, 1.807) is 6.92 Å². The van der Waals surface area contributed by atoms with Crippen LogP contribution in [0.2, 0.25) is 0 Å². The zero-order chi connectivity index (χ0) is 14.7. The zero-order valence-corrected chi connectivity index (χ0v) is 12.0. The third kappa shape index (κ3) is 3.23. The lowest BCUT2D eigenvalue weighted by Gasteiger charge is -2.28. The summed E-state index contributed by atoms with van der Waals surface area (Å²) >= 11 is 0. The van der Waals surface area contributed by atoms with Gasteiger partial charge >= 0.3 is 0 Å². The van der Waals surface area contributed by atoms with Crippen LogP contribution in [0, 0.1) is 30.4 Å². The highest BCUT2D eigenvalue weighted by Gasteiger charge is 2.25. The van der Waals surface area contributed by atoms with E-state index in [1.165, 1.54) is 12.1 Å². The van der Waals surface area contributed by atoms with Gasteiger partial charge in [0, 0.05) is 6.42 Å². The van der Waals surface area contributed by atoms with Gasteiger partial charge in [0.15, 0.2) is 5.78 Å². The van der Waals surface area contributed by atoms with Crippen LogP contribution in [0.3, 0.4) is 0 Å². The summed E-state index contributed by atoms with van der Waals surface area (Å²) in [5, 5.41) is 3.30. The van der Waals surface area contributed by atoms with Gasteiger partial charge in [0.2, 0.25) is 0 Å². The van der Waals surface area contributed by atoms with Gasteiger partial charge in [-0.05, 0) is 56.3 Å².